The van der Waals surface area contributed by atoms with E-state index < -0.39 is 9.05 Å². The van der Waals surface area contributed by atoms with E-state index in [1.807, 2.05) is 0 Å². The standard InChI is InChI=1S/C11H12ClNO4S/c1-13-11(14)8-4-7-5-9(18(12,15)16)2-3-10(7)17-6-8/h2-3,5,8H,4,6H2,1H3,(H,13,14). The van der Waals surface area contributed by atoms with Crippen molar-refractivity contribution in [3.8, 4) is 5.75 Å². The summed E-state index contributed by atoms with van der Waals surface area (Å²) >= 11 is 0. The van der Waals surface area contributed by atoms with Crippen LogP contribution in [0.2, 0.25) is 0 Å². The number of fused-ring (bicyclic) bond motifs is 1. The third kappa shape index (κ3) is 2.59. The minimum absolute atomic E-state index is 0.0177. The predicted molar refractivity (Wildman–Crippen MR) is 66.2 cm³/mol. The van der Waals surface area contributed by atoms with E-state index in [-0.39, 0.29) is 16.7 Å². The van der Waals surface area contributed by atoms with Gasteiger partial charge in [0.25, 0.3) is 9.05 Å². The number of hydrogen-bond acceptors (Lipinski definition) is 4. The average Bonchev–Trinajstić information content (AvgIpc) is 2.35. The summed E-state index contributed by atoms with van der Waals surface area (Å²) in [7, 11) is 3.07. The molecule has 1 atom stereocenters. The highest BCUT2D eigenvalue weighted by Gasteiger charge is 2.26. The van der Waals surface area contributed by atoms with Gasteiger partial charge in [0.15, 0.2) is 0 Å². The van der Waals surface area contributed by atoms with Crippen LogP contribution in [-0.2, 0) is 20.3 Å². The summed E-state index contributed by atoms with van der Waals surface area (Å²) in [6.07, 6.45) is 0.440. The highest BCUT2D eigenvalue weighted by molar-refractivity contribution is 8.13. The molecular formula is C11H12ClNO4S. The van der Waals surface area contributed by atoms with E-state index in [1.54, 1.807) is 13.1 Å². The van der Waals surface area contributed by atoms with Crippen molar-refractivity contribution >= 4 is 25.6 Å². The van der Waals surface area contributed by atoms with Gasteiger partial charge in [-0.15, -0.1) is 0 Å². The third-order valence-electron chi connectivity index (χ3n) is 2.84. The first kappa shape index (κ1) is 13.2. The summed E-state index contributed by atoms with van der Waals surface area (Å²) in [5.41, 5.74) is 0.677. The highest BCUT2D eigenvalue weighted by Crippen LogP contribution is 2.30. The molecule has 0 aromatic heterocycles. The first-order chi connectivity index (χ1) is 8.41. The van der Waals surface area contributed by atoms with Crippen LogP contribution in [0.25, 0.3) is 0 Å². The zero-order chi connectivity index (χ0) is 13.3. The van der Waals surface area contributed by atoms with Crippen molar-refractivity contribution in [2.24, 2.45) is 5.92 Å². The number of carbonyl (C=O) groups excluding carboxylic acids is 1. The lowest BCUT2D eigenvalue weighted by atomic mass is 9.96. The Morgan fingerprint density at radius 2 is 2.22 bits per heavy atom. The number of rotatable bonds is 2. The van der Waals surface area contributed by atoms with E-state index in [1.165, 1.54) is 12.1 Å². The Morgan fingerprint density at radius 3 is 2.83 bits per heavy atom. The summed E-state index contributed by atoms with van der Waals surface area (Å²) in [6, 6.07) is 4.40. The molecule has 1 heterocycles. The lowest BCUT2D eigenvalue weighted by Gasteiger charge is -2.24. The van der Waals surface area contributed by atoms with Gasteiger partial charge in [0, 0.05) is 17.7 Å². The normalized spacial score (nSPS) is 18.7. The van der Waals surface area contributed by atoms with Crippen molar-refractivity contribution in [1.29, 1.82) is 0 Å². The molecule has 0 saturated carbocycles. The second kappa shape index (κ2) is 4.78. The summed E-state index contributed by atoms with van der Waals surface area (Å²) in [5.74, 6) is 0.162. The van der Waals surface area contributed by atoms with Crippen LogP contribution in [0.5, 0.6) is 5.75 Å². The van der Waals surface area contributed by atoms with E-state index in [2.05, 4.69) is 5.32 Å². The Labute approximate surface area is 110 Å². The van der Waals surface area contributed by atoms with Crippen LogP contribution < -0.4 is 10.1 Å². The van der Waals surface area contributed by atoms with E-state index in [0.717, 1.165) is 0 Å². The molecule has 7 heteroatoms. The molecule has 2 rings (SSSR count). The minimum atomic E-state index is -3.76. The molecule has 1 aliphatic heterocycles. The molecule has 0 aliphatic carbocycles. The molecule has 0 radical (unpaired) electrons. The predicted octanol–water partition coefficient (Wildman–Crippen LogP) is 0.911. The zero-order valence-corrected chi connectivity index (χ0v) is 11.2. The molecule has 1 aromatic carbocycles. The van der Waals surface area contributed by atoms with Crippen molar-refractivity contribution in [2.45, 2.75) is 11.3 Å². The maximum atomic E-state index is 11.5. The van der Waals surface area contributed by atoms with Gasteiger partial charge in [-0.2, -0.15) is 0 Å². The quantitative estimate of drug-likeness (QED) is 0.822. The SMILES string of the molecule is CNC(=O)C1COc2ccc(S(=O)(=O)Cl)cc2C1. The van der Waals surface area contributed by atoms with Crippen LogP contribution in [-0.4, -0.2) is 28.0 Å². The molecular weight excluding hydrogens is 278 g/mol. The monoisotopic (exact) mass is 289 g/mol. The number of ether oxygens (including phenoxy) is 1. The second-order valence-corrected chi connectivity index (χ2v) is 6.60. The van der Waals surface area contributed by atoms with Crippen LogP contribution in [0.1, 0.15) is 5.56 Å². The van der Waals surface area contributed by atoms with Crippen LogP contribution >= 0.6 is 10.7 Å². The smallest absolute Gasteiger partial charge is 0.261 e. The highest BCUT2D eigenvalue weighted by atomic mass is 35.7. The van der Waals surface area contributed by atoms with Crippen LogP contribution in [0.4, 0.5) is 0 Å². The van der Waals surface area contributed by atoms with Crippen molar-refractivity contribution in [1.82, 2.24) is 5.32 Å². The fourth-order valence-corrected chi connectivity index (χ4v) is 2.70. The van der Waals surface area contributed by atoms with Gasteiger partial charge in [-0.3, -0.25) is 4.79 Å². The summed E-state index contributed by atoms with van der Waals surface area (Å²) in [5, 5.41) is 2.55. The van der Waals surface area contributed by atoms with Crippen molar-refractivity contribution in [3.63, 3.8) is 0 Å². The van der Waals surface area contributed by atoms with Gasteiger partial charge in [-0.25, -0.2) is 8.42 Å². The Balaban J connectivity index is 2.33. The molecule has 0 bridgehead atoms. The van der Waals surface area contributed by atoms with E-state index >= 15 is 0 Å². The number of amides is 1. The molecule has 1 N–H and O–H groups in total. The fraction of sp³-hybridized carbons (Fsp3) is 0.364. The molecule has 1 unspecified atom stereocenters. The molecule has 0 fully saturated rings. The lowest BCUT2D eigenvalue weighted by molar-refractivity contribution is -0.125. The molecule has 1 aromatic rings. The largest absolute Gasteiger partial charge is 0.492 e. The number of halogens is 1. The topological polar surface area (TPSA) is 72.5 Å². The van der Waals surface area contributed by atoms with Gasteiger partial charge in [0.05, 0.1) is 10.8 Å². The first-order valence-electron chi connectivity index (χ1n) is 5.34. The van der Waals surface area contributed by atoms with Gasteiger partial charge < -0.3 is 10.1 Å². The summed E-state index contributed by atoms with van der Waals surface area (Å²) in [6.45, 7) is 0.291. The van der Waals surface area contributed by atoms with Crippen LogP contribution in [0.15, 0.2) is 23.1 Å². The number of benzene rings is 1. The van der Waals surface area contributed by atoms with Crippen molar-refractivity contribution in [3.05, 3.63) is 23.8 Å². The molecule has 98 valence electrons. The molecule has 0 spiro atoms. The van der Waals surface area contributed by atoms with Gasteiger partial charge in [0.2, 0.25) is 5.91 Å². The Morgan fingerprint density at radius 1 is 1.50 bits per heavy atom. The summed E-state index contributed by atoms with van der Waals surface area (Å²) in [4.78, 5) is 11.5. The number of carbonyl (C=O) groups is 1. The number of nitrogens with one attached hydrogen (secondary N) is 1. The van der Waals surface area contributed by atoms with Crippen LogP contribution in [0, 0.1) is 5.92 Å². The maximum absolute atomic E-state index is 11.5. The molecule has 1 aliphatic rings. The molecule has 5 nitrogen and oxygen atoms in total. The van der Waals surface area contributed by atoms with Gasteiger partial charge in [-0.1, -0.05) is 0 Å². The minimum Gasteiger partial charge on any atom is -0.492 e. The Kier molecular flexibility index (Phi) is 3.49. The van der Waals surface area contributed by atoms with Crippen molar-refractivity contribution < 1.29 is 17.9 Å². The van der Waals surface area contributed by atoms with Gasteiger partial charge in [0.1, 0.15) is 12.4 Å². The Hall–Kier alpha value is -1.27. The fourth-order valence-electron chi connectivity index (χ4n) is 1.90. The first-order valence-corrected chi connectivity index (χ1v) is 7.64. The Bertz CT molecular complexity index is 585. The molecule has 0 saturated heterocycles. The van der Waals surface area contributed by atoms with Gasteiger partial charge in [-0.05, 0) is 30.2 Å². The van der Waals surface area contributed by atoms with E-state index in [9.17, 15) is 13.2 Å². The molecule has 1 amide bonds. The van der Waals surface area contributed by atoms with Gasteiger partial charge >= 0.3 is 0 Å². The van der Waals surface area contributed by atoms with Crippen molar-refractivity contribution in [2.75, 3.05) is 13.7 Å². The van der Waals surface area contributed by atoms with E-state index in [4.69, 9.17) is 15.4 Å². The number of hydrogen-bond donors (Lipinski definition) is 1. The summed E-state index contributed by atoms with van der Waals surface area (Å²) < 4.78 is 27.9. The second-order valence-electron chi connectivity index (χ2n) is 4.03. The lowest BCUT2D eigenvalue weighted by Crippen LogP contribution is -2.35. The average molecular weight is 290 g/mol. The van der Waals surface area contributed by atoms with Crippen LogP contribution in [0.3, 0.4) is 0 Å². The maximum Gasteiger partial charge on any atom is 0.261 e. The third-order valence-corrected chi connectivity index (χ3v) is 4.19. The molecule has 18 heavy (non-hydrogen) atoms. The van der Waals surface area contributed by atoms with E-state index in [0.29, 0.717) is 24.3 Å². The zero-order valence-electron chi connectivity index (χ0n) is 9.64.